The normalized spacial score (nSPS) is 14.7. The van der Waals surface area contributed by atoms with Crippen LogP contribution in [0.2, 0.25) is 0 Å². The first kappa shape index (κ1) is 23.8. The second-order valence-electron chi connectivity index (χ2n) is 6.53. The van der Waals surface area contributed by atoms with E-state index in [2.05, 4.69) is 0 Å². The van der Waals surface area contributed by atoms with Crippen molar-refractivity contribution in [2.45, 2.75) is 95.9 Å². The van der Waals surface area contributed by atoms with Gasteiger partial charge in [0.25, 0.3) is 0 Å². The van der Waals surface area contributed by atoms with Crippen molar-refractivity contribution < 1.29 is 34.8 Å². The highest BCUT2D eigenvalue weighted by Crippen LogP contribution is 2.15. The number of carbonyl (C=O) groups is 2. The zero-order chi connectivity index (χ0) is 19.1. The fourth-order valence-corrected chi connectivity index (χ4v) is 2.74. The topological polar surface area (TPSA) is 124 Å². The molecule has 3 unspecified atom stereocenters. The lowest BCUT2D eigenvalue weighted by Gasteiger charge is -2.18. The van der Waals surface area contributed by atoms with Crippen LogP contribution in [0.4, 0.5) is 0 Å². The van der Waals surface area contributed by atoms with E-state index < -0.39 is 30.3 Å². The molecule has 7 nitrogen and oxygen atoms in total. The van der Waals surface area contributed by atoms with Gasteiger partial charge in [-0.2, -0.15) is 0 Å². The van der Waals surface area contributed by atoms with Crippen molar-refractivity contribution >= 4 is 11.9 Å². The third-order valence-corrected chi connectivity index (χ3v) is 4.11. The number of carbonyl (C=O) groups excluding carboxylic acids is 1. The van der Waals surface area contributed by atoms with Crippen LogP contribution in [0.25, 0.3) is 0 Å². The number of aliphatic hydroxyl groups excluding tert-OH is 3. The highest BCUT2D eigenvalue weighted by atomic mass is 16.5. The number of aliphatic hydroxyl groups is 3. The molecule has 148 valence electrons. The largest absolute Gasteiger partial charge is 0.481 e. The van der Waals surface area contributed by atoms with Gasteiger partial charge in [0, 0.05) is 13.5 Å². The number of aliphatic carboxylic acids is 1. The molecule has 0 bridgehead atoms. The summed E-state index contributed by atoms with van der Waals surface area (Å²) in [5, 5.41) is 37.3. The molecule has 0 fully saturated rings. The van der Waals surface area contributed by atoms with Gasteiger partial charge in [-0.3, -0.25) is 9.59 Å². The first-order chi connectivity index (χ1) is 11.9. The van der Waals surface area contributed by atoms with E-state index >= 15 is 0 Å². The van der Waals surface area contributed by atoms with Gasteiger partial charge >= 0.3 is 11.9 Å². The lowest BCUT2D eigenvalue weighted by atomic mass is 9.99. The predicted molar refractivity (Wildman–Crippen MR) is 93.1 cm³/mol. The SMILES string of the molecule is CC(=O)OC(CCCCCC(O)C(O)CCCCCCO)CC(=O)O. The number of esters is 1. The fraction of sp³-hybridized carbons (Fsp3) is 0.889. The second kappa shape index (κ2) is 15.1. The first-order valence-electron chi connectivity index (χ1n) is 9.22. The standard InChI is InChI=1S/C18H34O7/c1-14(20)25-15(13-18(23)24)9-5-4-7-11-17(22)16(21)10-6-2-3-8-12-19/h15-17,19,21-22H,2-13H2,1H3,(H,23,24). The summed E-state index contributed by atoms with van der Waals surface area (Å²) in [7, 11) is 0. The molecular formula is C18H34O7. The predicted octanol–water partition coefficient (Wildman–Crippen LogP) is 2.01. The third-order valence-electron chi connectivity index (χ3n) is 4.11. The Labute approximate surface area is 150 Å². The van der Waals surface area contributed by atoms with Crippen molar-refractivity contribution in [3.8, 4) is 0 Å². The van der Waals surface area contributed by atoms with Crippen LogP contribution >= 0.6 is 0 Å². The van der Waals surface area contributed by atoms with E-state index in [0.717, 1.165) is 38.5 Å². The number of ether oxygens (including phenoxy) is 1. The van der Waals surface area contributed by atoms with E-state index in [9.17, 15) is 19.8 Å². The van der Waals surface area contributed by atoms with Crippen molar-refractivity contribution in [1.29, 1.82) is 0 Å². The Morgan fingerprint density at radius 3 is 1.80 bits per heavy atom. The van der Waals surface area contributed by atoms with E-state index in [0.29, 0.717) is 25.7 Å². The number of hydrogen-bond donors (Lipinski definition) is 4. The molecule has 7 heteroatoms. The molecule has 0 aromatic rings. The first-order valence-corrected chi connectivity index (χ1v) is 9.22. The molecule has 0 aliphatic carbocycles. The van der Waals surface area contributed by atoms with E-state index in [1.165, 1.54) is 6.92 Å². The van der Waals surface area contributed by atoms with Crippen LogP contribution in [0.5, 0.6) is 0 Å². The molecule has 0 heterocycles. The van der Waals surface area contributed by atoms with Gasteiger partial charge in [0.1, 0.15) is 6.10 Å². The van der Waals surface area contributed by atoms with Crippen LogP contribution in [0, 0.1) is 0 Å². The van der Waals surface area contributed by atoms with E-state index in [4.69, 9.17) is 14.9 Å². The molecule has 0 aromatic carbocycles. The van der Waals surface area contributed by atoms with Crippen LogP contribution in [0.3, 0.4) is 0 Å². The van der Waals surface area contributed by atoms with Gasteiger partial charge in [0.2, 0.25) is 0 Å². The Kier molecular flexibility index (Phi) is 14.4. The molecule has 0 amide bonds. The van der Waals surface area contributed by atoms with Crippen molar-refractivity contribution in [3.05, 3.63) is 0 Å². The molecule has 3 atom stereocenters. The van der Waals surface area contributed by atoms with E-state index in [1.807, 2.05) is 0 Å². The maximum absolute atomic E-state index is 10.9. The number of unbranched alkanes of at least 4 members (excludes halogenated alkanes) is 5. The minimum atomic E-state index is -0.996. The Morgan fingerprint density at radius 1 is 0.840 bits per heavy atom. The van der Waals surface area contributed by atoms with Crippen LogP contribution in [-0.4, -0.2) is 57.3 Å². The zero-order valence-electron chi connectivity index (χ0n) is 15.2. The summed E-state index contributed by atoms with van der Waals surface area (Å²) < 4.78 is 4.97. The smallest absolute Gasteiger partial charge is 0.307 e. The van der Waals surface area contributed by atoms with Crippen LogP contribution < -0.4 is 0 Å². The Morgan fingerprint density at radius 2 is 1.32 bits per heavy atom. The highest BCUT2D eigenvalue weighted by Gasteiger charge is 2.17. The maximum atomic E-state index is 10.9. The third kappa shape index (κ3) is 14.8. The second-order valence-corrected chi connectivity index (χ2v) is 6.53. The minimum Gasteiger partial charge on any atom is -0.481 e. The van der Waals surface area contributed by atoms with Gasteiger partial charge in [-0.1, -0.05) is 32.1 Å². The molecule has 0 aromatic heterocycles. The maximum Gasteiger partial charge on any atom is 0.307 e. The lowest BCUT2D eigenvalue weighted by molar-refractivity contribution is -0.151. The van der Waals surface area contributed by atoms with E-state index in [-0.39, 0.29) is 13.0 Å². The molecular weight excluding hydrogens is 328 g/mol. The molecule has 4 N–H and O–H groups in total. The van der Waals surface area contributed by atoms with Gasteiger partial charge < -0.3 is 25.2 Å². The molecule has 0 saturated heterocycles. The van der Waals surface area contributed by atoms with Crippen molar-refractivity contribution in [1.82, 2.24) is 0 Å². The average Bonchev–Trinajstić information content (AvgIpc) is 2.52. The van der Waals surface area contributed by atoms with Crippen molar-refractivity contribution in [3.63, 3.8) is 0 Å². The molecule has 0 aliphatic heterocycles. The molecule has 0 rings (SSSR count). The number of carboxylic acid groups (broad SMARTS) is 1. The summed E-state index contributed by atoms with van der Waals surface area (Å²) in [5.41, 5.74) is 0. The molecule has 0 aliphatic rings. The fourth-order valence-electron chi connectivity index (χ4n) is 2.74. The average molecular weight is 362 g/mol. The number of carboxylic acids is 1. The van der Waals surface area contributed by atoms with Crippen LogP contribution in [0.15, 0.2) is 0 Å². The summed E-state index contributed by atoms with van der Waals surface area (Å²) in [6.07, 6.45) is 4.92. The highest BCUT2D eigenvalue weighted by molar-refractivity contribution is 5.69. The quantitative estimate of drug-likeness (QED) is 0.244. The lowest BCUT2D eigenvalue weighted by Crippen LogP contribution is -2.25. The van der Waals surface area contributed by atoms with Crippen LogP contribution in [-0.2, 0) is 14.3 Å². The van der Waals surface area contributed by atoms with Crippen molar-refractivity contribution in [2.75, 3.05) is 6.61 Å². The zero-order valence-corrected chi connectivity index (χ0v) is 15.2. The molecule has 0 saturated carbocycles. The number of rotatable bonds is 16. The van der Waals surface area contributed by atoms with Gasteiger partial charge in [-0.15, -0.1) is 0 Å². The minimum absolute atomic E-state index is 0.190. The van der Waals surface area contributed by atoms with Gasteiger partial charge in [0.05, 0.1) is 18.6 Å². The Hall–Kier alpha value is -1.18. The van der Waals surface area contributed by atoms with Crippen molar-refractivity contribution in [2.24, 2.45) is 0 Å². The summed E-state index contributed by atoms with van der Waals surface area (Å²) >= 11 is 0. The summed E-state index contributed by atoms with van der Waals surface area (Å²) in [4.78, 5) is 21.7. The molecule has 0 radical (unpaired) electrons. The Balaban J connectivity index is 3.79. The van der Waals surface area contributed by atoms with Gasteiger partial charge in [0.15, 0.2) is 0 Å². The van der Waals surface area contributed by atoms with Gasteiger partial charge in [-0.05, 0) is 32.1 Å². The summed E-state index contributed by atoms with van der Waals surface area (Å²) in [6, 6.07) is 0. The number of hydrogen-bond acceptors (Lipinski definition) is 6. The van der Waals surface area contributed by atoms with Gasteiger partial charge in [-0.25, -0.2) is 0 Å². The summed E-state index contributed by atoms with van der Waals surface area (Å²) in [5.74, 6) is -1.48. The Bertz CT molecular complexity index is 343. The van der Waals surface area contributed by atoms with E-state index in [1.54, 1.807) is 0 Å². The molecule has 25 heavy (non-hydrogen) atoms. The van der Waals surface area contributed by atoms with Crippen LogP contribution in [0.1, 0.15) is 77.6 Å². The molecule has 0 spiro atoms. The monoisotopic (exact) mass is 362 g/mol. The summed E-state index contributed by atoms with van der Waals surface area (Å²) in [6.45, 7) is 1.45.